The summed E-state index contributed by atoms with van der Waals surface area (Å²) in [5.74, 6) is 0. The number of benzene rings is 2. The fourth-order valence-corrected chi connectivity index (χ4v) is 1.93. The molecule has 0 aliphatic carbocycles. The number of para-hydroxylation sites is 2. The van der Waals surface area contributed by atoms with Gasteiger partial charge in [0.15, 0.2) is 0 Å². The Morgan fingerprint density at radius 3 is 1.85 bits per heavy atom. The Labute approximate surface area is 114 Å². The molecule has 98 valence electrons. The van der Waals surface area contributed by atoms with E-state index in [0.29, 0.717) is 21.9 Å². The van der Waals surface area contributed by atoms with Crippen molar-refractivity contribution in [1.82, 2.24) is 5.16 Å². The summed E-state index contributed by atoms with van der Waals surface area (Å²) < 4.78 is 9.96. The maximum absolute atomic E-state index is 12.0. The van der Waals surface area contributed by atoms with Crippen molar-refractivity contribution < 1.29 is 8.94 Å². The van der Waals surface area contributed by atoms with Gasteiger partial charge in [-0.3, -0.25) is 4.79 Å². The smallest absolute Gasteiger partial charge is 0.200 e. The number of rotatable bonds is 0. The Hall–Kier alpha value is -2.88. The summed E-state index contributed by atoms with van der Waals surface area (Å²) in [7, 11) is 0. The average molecular weight is 265 g/mol. The minimum Gasteiger partial charge on any atom is -0.456 e. The van der Waals surface area contributed by atoms with Crippen LogP contribution in [-0.4, -0.2) is 5.16 Å². The highest BCUT2D eigenvalue weighted by molar-refractivity contribution is 5.89. The summed E-state index contributed by atoms with van der Waals surface area (Å²) in [5, 5.41) is 4.62. The Morgan fingerprint density at radius 2 is 1.40 bits per heavy atom. The van der Waals surface area contributed by atoms with Gasteiger partial charge < -0.3 is 8.94 Å². The van der Waals surface area contributed by atoms with Crippen LogP contribution in [0.5, 0.6) is 0 Å². The van der Waals surface area contributed by atoms with E-state index in [2.05, 4.69) is 9.68 Å². The molecule has 0 N–H and O–H groups in total. The number of hydrogen-bond donors (Lipinski definition) is 0. The molecule has 4 nitrogen and oxygen atoms in total. The molecular formula is C16H11NO3. The Kier molecular flexibility index (Phi) is 3.29. The topological polar surface area (TPSA) is 56.2 Å². The number of hydrogen-bond acceptors (Lipinski definition) is 4. The quantitative estimate of drug-likeness (QED) is 0.456. The largest absolute Gasteiger partial charge is 0.456 e. The first-order valence-corrected chi connectivity index (χ1v) is 6.11. The molecule has 0 unspecified atom stereocenters. The fraction of sp³-hybridized carbons (Fsp3) is 0. The van der Waals surface area contributed by atoms with Gasteiger partial charge in [-0.25, -0.2) is 0 Å². The lowest BCUT2D eigenvalue weighted by atomic mass is 10.1. The first-order valence-electron chi connectivity index (χ1n) is 6.11. The van der Waals surface area contributed by atoms with Crippen molar-refractivity contribution in [3.63, 3.8) is 0 Å². The predicted molar refractivity (Wildman–Crippen MR) is 76.5 cm³/mol. The van der Waals surface area contributed by atoms with Crippen LogP contribution in [0.2, 0.25) is 0 Å². The van der Waals surface area contributed by atoms with Crippen LogP contribution in [-0.2, 0) is 0 Å². The van der Waals surface area contributed by atoms with Gasteiger partial charge in [0.2, 0.25) is 5.43 Å². The van der Waals surface area contributed by atoms with Crippen LogP contribution in [0, 0.1) is 0 Å². The Bertz CT molecular complexity index is 805. The van der Waals surface area contributed by atoms with Gasteiger partial charge in [-0.2, -0.15) is 0 Å². The number of aromatic nitrogens is 1. The highest BCUT2D eigenvalue weighted by Gasteiger charge is 2.04. The standard InChI is InChI=1S/C13H8O2.C3H3NO/c14-13-9-5-1-3-7-11(9)15-12-8-4-2-6-10(12)13;1-2-4-5-3-1/h1-8H;1-3H. The van der Waals surface area contributed by atoms with Crippen LogP contribution in [0.25, 0.3) is 21.9 Å². The molecular weight excluding hydrogens is 254 g/mol. The molecule has 0 spiro atoms. The van der Waals surface area contributed by atoms with E-state index in [1.54, 1.807) is 24.4 Å². The van der Waals surface area contributed by atoms with Crippen molar-refractivity contribution in [1.29, 1.82) is 0 Å². The van der Waals surface area contributed by atoms with Gasteiger partial charge in [-0.05, 0) is 30.3 Å². The van der Waals surface area contributed by atoms with Crippen molar-refractivity contribution in [2.24, 2.45) is 0 Å². The van der Waals surface area contributed by atoms with Crippen LogP contribution in [0.4, 0.5) is 0 Å². The molecule has 2 heterocycles. The zero-order chi connectivity index (χ0) is 13.8. The van der Waals surface area contributed by atoms with E-state index in [1.807, 2.05) is 36.4 Å². The maximum atomic E-state index is 12.0. The van der Waals surface area contributed by atoms with Gasteiger partial charge in [0.25, 0.3) is 0 Å². The second-order valence-corrected chi connectivity index (χ2v) is 4.11. The molecule has 0 aliphatic heterocycles. The summed E-state index contributed by atoms with van der Waals surface area (Å²) in [6, 6.07) is 16.3. The van der Waals surface area contributed by atoms with Crippen molar-refractivity contribution in [3.05, 3.63) is 77.3 Å². The van der Waals surface area contributed by atoms with E-state index in [4.69, 9.17) is 4.42 Å². The molecule has 0 saturated carbocycles. The zero-order valence-corrected chi connectivity index (χ0v) is 10.5. The van der Waals surface area contributed by atoms with Gasteiger partial charge in [0.05, 0.1) is 17.0 Å². The van der Waals surface area contributed by atoms with Gasteiger partial charge in [0.1, 0.15) is 17.4 Å². The van der Waals surface area contributed by atoms with Crippen LogP contribution in [0.3, 0.4) is 0 Å². The van der Waals surface area contributed by atoms with E-state index < -0.39 is 0 Å². The predicted octanol–water partition coefficient (Wildman–Crippen LogP) is 3.62. The molecule has 0 saturated heterocycles. The van der Waals surface area contributed by atoms with Crippen LogP contribution in [0.1, 0.15) is 0 Å². The first-order chi connectivity index (χ1) is 9.86. The van der Waals surface area contributed by atoms with Gasteiger partial charge in [-0.1, -0.05) is 29.4 Å². The molecule has 0 amide bonds. The summed E-state index contributed by atoms with van der Waals surface area (Å²) in [5.41, 5.74) is 1.31. The molecule has 2 aromatic carbocycles. The minimum atomic E-state index is 0.0347. The molecule has 4 aromatic rings. The van der Waals surface area contributed by atoms with Crippen LogP contribution >= 0.6 is 0 Å². The molecule has 2 aromatic heterocycles. The molecule has 4 heteroatoms. The van der Waals surface area contributed by atoms with Crippen LogP contribution in [0.15, 0.2) is 80.8 Å². The second kappa shape index (κ2) is 5.40. The van der Waals surface area contributed by atoms with Gasteiger partial charge in [-0.15, -0.1) is 0 Å². The van der Waals surface area contributed by atoms with Crippen molar-refractivity contribution in [3.8, 4) is 0 Å². The fourth-order valence-electron chi connectivity index (χ4n) is 1.93. The van der Waals surface area contributed by atoms with Crippen molar-refractivity contribution in [2.75, 3.05) is 0 Å². The van der Waals surface area contributed by atoms with Gasteiger partial charge >= 0.3 is 0 Å². The molecule has 0 radical (unpaired) electrons. The summed E-state index contributed by atoms with van der Waals surface area (Å²) in [4.78, 5) is 12.0. The third-order valence-electron chi connectivity index (χ3n) is 2.83. The number of nitrogens with zero attached hydrogens (tertiary/aromatic N) is 1. The van der Waals surface area contributed by atoms with Crippen molar-refractivity contribution in [2.45, 2.75) is 0 Å². The molecule has 0 atom stereocenters. The lowest BCUT2D eigenvalue weighted by Gasteiger charge is -1.99. The first kappa shape index (κ1) is 12.2. The average Bonchev–Trinajstić information content (AvgIpc) is 3.07. The molecule has 0 fully saturated rings. The highest BCUT2D eigenvalue weighted by atomic mass is 16.5. The van der Waals surface area contributed by atoms with E-state index in [-0.39, 0.29) is 5.43 Å². The second-order valence-electron chi connectivity index (χ2n) is 4.11. The molecule has 4 rings (SSSR count). The monoisotopic (exact) mass is 265 g/mol. The third kappa shape index (κ3) is 2.31. The molecule has 20 heavy (non-hydrogen) atoms. The summed E-state index contributed by atoms with van der Waals surface area (Å²) in [6.07, 6.45) is 3.10. The SMILES string of the molecule is O=c1c2ccccc2oc2ccccc12.c1cnoc1. The lowest BCUT2D eigenvalue weighted by molar-refractivity contribution is 0.420. The van der Waals surface area contributed by atoms with E-state index in [0.717, 1.165) is 0 Å². The molecule has 0 aliphatic rings. The highest BCUT2D eigenvalue weighted by Crippen LogP contribution is 2.17. The number of fused-ring (bicyclic) bond motifs is 2. The maximum Gasteiger partial charge on any atom is 0.200 e. The van der Waals surface area contributed by atoms with Crippen LogP contribution < -0.4 is 5.43 Å². The lowest BCUT2D eigenvalue weighted by Crippen LogP contribution is -2.01. The van der Waals surface area contributed by atoms with Gasteiger partial charge in [0, 0.05) is 0 Å². The Morgan fingerprint density at radius 1 is 0.800 bits per heavy atom. The molecule has 0 bridgehead atoms. The van der Waals surface area contributed by atoms with E-state index in [9.17, 15) is 4.79 Å². The minimum absolute atomic E-state index is 0.0347. The zero-order valence-electron chi connectivity index (χ0n) is 10.5. The van der Waals surface area contributed by atoms with E-state index in [1.165, 1.54) is 6.26 Å². The normalized spacial score (nSPS) is 10.2. The Balaban J connectivity index is 0.000000205. The summed E-state index contributed by atoms with van der Waals surface area (Å²) >= 11 is 0. The van der Waals surface area contributed by atoms with E-state index >= 15 is 0 Å². The summed E-state index contributed by atoms with van der Waals surface area (Å²) in [6.45, 7) is 0. The third-order valence-corrected chi connectivity index (χ3v) is 2.83. The van der Waals surface area contributed by atoms with Crippen molar-refractivity contribution >= 4 is 21.9 Å².